The van der Waals surface area contributed by atoms with Crippen LogP contribution in [0.2, 0.25) is 0 Å². The van der Waals surface area contributed by atoms with Gasteiger partial charge in [0.25, 0.3) is 5.69 Å². The van der Waals surface area contributed by atoms with Crippen molar-refractivity contribution in [3.63, 3.8) is 0 Å². The summed E-state index contributed by atoms with van der Waals surface area (Å²) >= 11 is 1.70. The van der Waals surface area contributed by atoms with E-state index < -0.39 is 4.92 Å². The Kier molecular flexibility index (Phi) is 5.05. The molecule has 0 saturated carbocycles. The van der Waals surface area contributed by atoms with Crippen molar-refractivity contribution in [2.45, 2.75) is 13.0 Å². The van der Waals surface area contributed by atoms with Crippen LogP contribution in [-0.2, 0) is 17.8 Å². The lowest BCUT2D eigenvalue weighted by atomic mass is 10.2. The summed E-state index contributed by atoms with van der Waals surface area (Å²) < 4.78 is 5.56. The number of hydrogen-bond donors (Lipinski definition) is 2. The average molecular weight is 293 g/mol. The van der Waals surface area contributed by atoms with Crippen molar-refractivity contribution >= 4 is 22.7 Å². The van der Waals surface area contributed by atoms with Gasteiger partial charge in [-0.05, 0) is 29.1 Å². The van der Waals surface area contributed by atoms with E-state index in [1.807, 2.05) is 11.4 Å². The van der Waals surface area contributed by atoms with E-state index in [0.717, 1.165) is 12.0 Å². The van der Waals surface area contributed by atoms with Crippen LogP contribution in [0.15, 0.2) is 35.7 Å². The van der Waals surface area contributed by atoms with Crippen molar-refractivity contribution in [1.29, 1.82) is 0 Å². The molecular weight excluding hydrogens is 278 g/mol. The predicted octanol–water partition coefficient (Wildman–Crippen LogP) is 2.70. The van der Waals surface area contributed by atoms with Gasteiger partial charge in [0.2, 0.25) is 0 Å². The monoisotopic (exact) mass is 293 g/mol. The van der Waals surface area contributed by atoms with Crippen LogP contribution >= 0.6 is 11.3 Å². The maximum atomic E-state index is 10.8. The number of hydrazine groups is 1. The summed E-state index contributed by atoms with van der Waals surface area (Å²) in [6.07, 6.45) is 0.868. The minimum atomic E-state index is -0.476. The number of thiophene rings is 1. The van der Waals surface area contributed by atoms with E-state index in [1.165, 1.54) is 10.9 Å². The maximum absolute atomic E-state index is 10.8. The first-order chi connectivity index (χ1) is 9.70. The van der Waals surface area contributed by atoms with Gasteiger partial charge in [-0.3, -0.25) is 16.0 Å². The van der Waals surface area contributed by atoms with Crippen molar-refractivity contribution in [1.82, 2.24) is 0 Å². The molecule has 6 nitrogen and oxygen atoms in total. The molecule has 0 spiro atoms. The van der Waals surface area contributed by atoms with Crippen molar-refractivity contribution < 1.29 is 9.66 Å². The summed E-state index contributed by atoms with van der Waals surface area (Å²) in [5.74, 6) is 5.28. The van der Waals surface area contributed by atoms with Crippen LogP contribution in [0.3, 0.4) is 0 Å². The van der Waals surface area contributed by atoms with Gasteiger partial charge in [0, 0.05) is 17.4 Å². The predicted molar refractivity (Wildman–Crippen MR) is 78.6 cm³/mol. The molecule has 20 heavy (non-hydrogen) atoms. The largest absolute Gasteiger partial charge is 0.376 e. The normalized spacial score (nSPS) is 10.4. The number of nitrogens with one attached hydrogen (secondary N) is 1. The van der Waals surface area contributed by atoms with Gasteiger partial charge in [-0.2, -0.15) is 0 Å². The van der Waals surface area contributed by atoms with E-state index in [4.69, 9.17) is 10.6 Å². The third kappa shape index (κ3) is 3.77. The zero-order chi connectivity index (χ0) is 14.4. The minimum absolute atomic E-state index is 0.0464. The number of nitrogens with zero attached hydrogens (tertiary/aromatic N) is 1. The number of hydrogen-bond acceptors (Lipinski definition) is 6. The molecule has 0 aliphatic heterocycles. The number of nitro benzene ring substituents is 1. The lowest BCUT2D eigenvalue weighted by Gasteiger charge is -2.06. The molecule has 0 amide bonds. The van der Waals surface area contributed by atoms with E-state index in [-0.39, 0.29) is 11.4 Å². The summed E-state index contributed by atoms with van der Waals surface area (Å²) in [4.78, 5) is 11.6. The third-order valence-electron chi connectivity index (χ3n) is 2.75. The van der Waals surface area contributed by atoms with Crippen molar-refractivity contribution in [3.05, 3.63) is 56.3 Å². The minimum Gasteiger partial charge on any atom is -0.376 e. The highest BCUT2D eigenvalue weighted by Crippen LogP contribution is 2.24. The van der Waals surface area contributed by atoms with E-state index in [9.17, 15) is 10.1 Å². The van der Waals surface area contributed by atoms with Gasteiger partial charge >= 0.3 is 0 Å². The maximum Gasteiger partial charge on any atom is 0.293 e. The van der Waals surface area contributed by atoms with Crippen molar-refractivity contribution in [2.75, 3.05) is 12.0 Å². The lowest BCUT2D eigenvalue weighted by molar-refractivity contribution is -0.384. The summed E-state index contributed by atoms with van der Waals surface area (Å²) in [7, 11) is 0. The first-order valence-electron chi connectivity index (χ1n) is 6.05. The Morgan fingerprint density at radius 3 is 2.90 bits per heavy atom. The van der Waals surface area contributed by atoms with Crippen LogP contribution in [0.4, 0.5) is 11.4 Å². The van der Waals surface area contributed by atoms with Crippen LogP contribution in [0.1, 0.15) is 10.4 Å². The number of nitro groups is 1. The van der Waals surface area contributed by atoms with Crippen LogP contribution in [0.5, 0.6) is 0 Å². The molecule has 0 aliphatic rings. The molecule has 3 N–H and O–H groups in total. The van der Waals surface area contributed by atoms with Crippen molar-refractivity contribution in [2.24, 2.45) is 5.84 Å². The second kappa shape index (κ2) is 6.99. The lowest BCUT2D eigenvalue weighted by Crippen LogP contribution is -2.09. The van der Waals surface area contributed by atoms with Gasteiger partial charge in [0.1, 0.15) is 5.69 Å². The molecule has 0 unspecified atom stereocenters. The quantitative estimate of drug-likeness (QED) is 0.354. The molecule has 0 bridgehead atoms. The highest BCUT2D eigenvalue weighted by molar-refractivity contribution is 7.09. The number of nitrogens with two attached hydrogens (primary N) is 1. The van der Waals surface area contributed by atoms with Gasteiger partial charge < -0.3 is 10.2 Å². The van der Waals surface area contributed by atoms with E-state index in [0.29, 0.717) is 13.2 Å². The Morgan fingerprint density at radius 2 is 2.25 bits per heavy atom. The van der Waals surface area contributed by atoms with E-state index in [1.54, 1.807) is 23.5 Å². The summed E-state index contributed by atoms with van der Waals surface area (Å²) in [5, 5.41) is 12.8. The first kappa shape index (κ1) is 14.4. The smallest absolute Gasteiger partial charge is 0.293 e. The molecule has 2 aromatic rings. The fourth-order valence-electron chi connectivity index (χ4n) is 1.77. The molecule has 2 rings (SSSR count). The Morgan fingerprint density at radius 1 is 1.40 bits per heavy atom. The highest BCUT2D eigenvalue weighted by Gasteiger charge is 2.12. The fourth-order valence-corrected chi connectivity index (χ4v) is 2.46. The van der Waals surface area contributed by atoms with E-state index in [2.05, 4.69) is 11.5 Å². The molecule has 1 aromatic carbocycles. The van der Waals surface area contributed by atoms with Gasteiger partial charge in [0.15, 0.2) is 0 Å². The van der Waals surface area contributed by atoms with Crippen molar-refractivity contribution in [3.8, 4) is 0 Å². The van der Waals surface area contributed by atoms with Crippen LogP contribution < -0.4 is 11.3 Å². The molecule has 1 aromatic heterocycles. The third-order valence-corrected chi connectivity index (χ3v) is 3.69. The molecule has 1 heterocycles. The standard InChI is InChI=1S/C13H15N3O3S/c14-15-12-8-10(3-4-13(12)16(17)18)9-19-6-5-11-2-1-7-20-11/h1-4,7-8,15H,5-6,9,14H2. The molecule has 106 valence electrons. The second-order valence-corrected chi connectivity index (χ2v) is 5.17. The number of benzene rings is 1. The first-order valence-corrected chi connectivity index (χ1v) is 6.92. The molecule has 0 saturated heterocycles. The molecule has 0 fully saturated rings. The zero-order valence-corrected chi connectivity index (χ0v) is 11.6. The molecular formula is C13H15N3O3S. The number of ether oxygens (including phenoxy) is 1. The van der Waals surface area contributed by atoms with Crippen LogP contribution in [0, 0.1) is 10.1 Å². The Hall–Kier alpha value is -1.96. The summed E-state index contributed by atoms with van der Waals surface area (Å²) in [6.45, 7) is 1.01. The number of anilines is 1. The zero-order valence-electron chi connectivity index (χ0n) is 10.7. The Bertz CT molecular complexity index is 572. The number of nitrogen functional groups attached to an aromatic ring is 1. The molecule has 0 atom stereocenters. The van der Waals surface area contributed by atoms with Gasteiger partial charge in [0.05, 0.1) is 18.1 Å². The molecule has 0 aliphatic carbocycles. The highest BCUT2D eigenvalue weighted by atomic mass is 32.1. The van der Waals surface area contributed by atoms with Gasteiger partial charge in [-0.25, -0.2) is 0 Å². The van der Waals surface area contributed by atoms with Gasteiger partial charge in [-0.1, -0.05) is 6.07 Å². The van der Waals surface area contributed by atoms with Crippen LogP contribution in [0.25, 0.3) is 0 Å². The van der Waals surface area contributed by atoms with E-state index >= 15 is 0 Å². The van der Waals surface area contributed by atoms with Crippen LogP contribution in [-0.4, -0.2) is 11.5 Å². The second-order valence-electron chi connectivity index (χ2n) is 4.13. The number of rotatable bonds is 7. The Balaban J connectivity index is 1.88. The van der Waals surface area contributed by atoms with Gasteiger partial charge in [-0.15, -0.1) is 11.3 Å². The molecule has 7 heteroatoms. The topological polar surface area (TPSA) is 90.4 Å². The Labute approximate surface area is 120 Å². The summed E-state index contributed by atoms with van der Waals surface area (Å²) in [6, 6.07) is 8.80. The summed E-state index contributed by atoms with van der Waals surface area (Å²) in [5.41, 5.74) is 3.42. The fraction of sp³-hybridized carbons (Fsp3) is 0.231. The SMILES string of the molecule is NNc1cc(COCCc2cccs2)ccc1[N+](=O)[O-]. The average Bonchev–Trinajstić information content (AvgIpc) is 2.96. The molecule has 0 radical (unpaired) electrons.